The molecular formula is C27H34N2O6. The molecule has 8 nitrogen and oxygen atoms in total. The van der Waals surface area contributed by atoms with E-state index in [9.17, 15) is 19.5 Å². The molecule has 3 rings (SSSR count). The van der Waals surface area contributed by atoms with Gasteiger partial charge in [-0.15, -0.1) is 0 Å². The Labute approximate surface area is 206 Å². The zero-order valence-electron chi connectivity index (χ0n) is 20.3. The Hall–Kier alpha value is -3.39. The number of fused-ring (bicyclic) bond motifs is 3. The first-order valence-corrected chi connectivity index (χ1v) is 12.0. The molecular weight excluding hydrogens is 448 g/mol. The van der Waals surface area contributed by atoms with Crippen molar-refractivity contribution in [3.63, 3.8) is 0 Å². The van der Waals surface area contributed by atoms with E-state index in [1.807, 2.05) is 31.2 Å². The summed E-state index contributed by atoms with van der Waals surface area (Å²) in [6, 6.07) is 15.3. The molecule has 188 valence electrons. The summed E-state index contributed by atoms with van der Waals surface area (Å²) in [4.78, 5) is 36.2. The first-order chi connectivity index (χ1) is 16.9. The first-order valence-electron chi connectivity index (χ1n) is 12.0. The largest absolute Gasteiger partial charge is 0.480 e. The highest BCUT2D eigenvalue weighted by Gasteiger charge is 2.29. The highest BCUT2D eigenvalue weighted by molar-refractivity contribution is 5.83. The minimum Gasteiger partial charge on any atom is -0.480 e. The van der Waals surface area contributed by atoms with Crippen LogP contribution in [0.3, 0.4) is 0 Å². The first kappa shape index (κ1) is 26.2. The van der Waals surface area contributed by atoms with Crippen molar-refractivity contribution < 1.29 is 29.0 Å². The number of benzene rings is 2. The Balaban J connectivity index is 1.47. The van der Waals surface area contributed by atoms with Crippen LogP contribution in [0.2, 0.25) is 0 Å². The number of alkyl carbamates (subject to hydrolysis) is 1. The van der Waals surface area contributed by atoms with Gasteiger partial charge in [-0.05, 0) is 41.0 Å². The van der Waals surface area contributed by atoms with Crippen LogP contribution >= 0.6 is 0 Å². The maximum atomic E-state index is 12.4. The molecule has 0 spiro atoms. The number of rotatable bonds is 13. The van der Waals surface area contributed by atoms with Gasteiger partial charge in [-0.1, -0.05) is 61.9 Å². The van der Waals surface area contributed by atoms with E-state index in [-0.39, 0.29) is 37.3 Å². The summed E-state index contributed by atoms with van der Waals surface area (Å²) in [6.07, 6.45) is 1.07. The van der Waals surface area contributed by atoms with Gasteiger partial charge in [0.25, 0.3) is 0 Å². The van der Waals surface area contributed by atoms with Crippen LogP contribution in [0.5, 0.6) is 0 Å². The molecule has 3 N–H and O–H groups in total. The number of carboxylic acid groups (broad SMARTS) is 1. The molecule has 0 bridgehead atoms. The molecule has 8 heteroatoms. The number of methoxy groups -OCH3 is 1. The topological polar surface area (TPSA) is 114 Å². The van der Waals surface area contributed by atoms with Crippen LogP contribution < -0.4 is 10.6 Å². The van der Waals surface area contributed by atoms with Crippen molar-refractivity contribution in [2.24, 2.45) is 5.92 Å². The molecule has 0 heterocycles. The quantitative estimate of drug-likeness (QED) is 0.373. The number of carbonyl (C=O) groups excluding carboxylic acids is 2. The van der Waals surface area contributed by atoms with Crippen LogP contribution in [-0.4, -0.2) is 56.0 Å². The zero-order chi connectivity index (χ0) is 25.2. The number of hydrogen-bond donors (Lipinski definition) is 3. The molecule has 35 heavy (non-hydrogen) atoms. The van der Waals surface area contributed by atoms with Gasteiger partial charge in [-0.3, -0.25) is 4.79 Å². The average molecular weight is 483 g/mol. The van der Waals surface area contributed by atoms with Crippen molar-refractivity contribution in [1.82, 2.24) is 10.6 Å². The number of amides is 2. The molecule has 0 fully saturated rings. The maximum Gasteiger partial charge on any atom is 0.407 e. The third-order valence-corrected chi connectivity index (χ3v) is 6.40. The Morgan fingerprint density at radius 1 is 1.03 bits per heavy atom. The Kier molecular flexibility index (Phi) is 9.66. The molecule has 2 aromatic rings. The minimum atomic E-state index is -1.07. The van der Waals surface area contributed by atoms with Crippen molar-refractivity contribution in [3.8, 4) is 11.1 Å². The summed E-state index contributed by atoms with van der Waals surface area (Å²) < 4.78 is 10.5. The van der Waals surface area contributed by atoms with Gasteiger partial charge in [-0.25, -0.2) is 9.59 Å². The van der Waals surface area contributed by atoms with E-state index >= 15 is 0 Å². The van der Waals surface area contributed by atoms with Gasteiger partial charge in [0, 0.05) is 32.6 Å². The van der Waals surface area contributed by atoms with E-state index in [2.05, 4.69) is 34.9 Å². The fourth-order valence-electron chi connectivity index (χ4n) is 4.44. The third kappa shape index (κ3) is 7.05. The number of aliphatic carboxylic acids is 1. The van der Waals surface area contributed by atoms with Gasteiger partial charge in [0.2, 0.25) is 5.91 Å². The number of carboxylic acids is 1. The van der Waals surface area contributed by atoms with Gasteiger partial charge in [0.1, 0.15) is 12.6 Å². The minimum absolute atomic E-state index is 0.0213. The van der Waals surface area contributed by atoms with Gasteiger partial charge in [0.15, 0.2) is 0 Å². The highest BCUT2D eigenvalue weighted by Crippen LogP contribution is 2.44. The number of hydrogen-bond acceptors (Lipinski definition) is 5. The van der Waals surface area contributed by atoms with Crippen LogP contribution in [-0.2, 0) is 19.1 Å². The van der Waals surface area contributed by atoms with Crippen molar-refractivity contribution in [1.29, 1.82) is 0 Å². The molecule has 2 atom stereocenters. The molecule has 0 aliphatic heterocycles. The summed E-state index contributed by atoms with van der Waals surface area (Å²) >= 11 is 0. The van der Waals surface area contributed by atoms with Gasteiger partial charge in [0.05, 0.1) is 0 Å². The van der Waals surface area contributed by atoms with Crippen molar-refractivity contribution in [2.45, 2.75) is 44.6 Å². The third-order valence-electron chi connectivity index (χ3n) is 6.40. The smallest absolute Gasteiger partial charge is 0.407 e. The number of ether oxygens (including phenoxy) is 2. The molecule has 0 aromatic heterocycles. The van der Waals surface area contributed by atoms with E-state index in [4.69, 9.17) is 9.47 Å². The van der Waals surface area contributed by atoms with E-state index in [1.165, 1.54) is 0 Å². The number of nitrogens with one attached hydrogen (secondary N) is 2. The predicted octanol–water partition coefficient (Wildman–Crippen LogP) is 3.94. The number of carbonyl (C=O) groups is 3. The Morgan fingerprint density at radius 2 is 1.66 bits per heavy atom. The van der Waals surface area contributed by atoms with Gasteiger partial charge < -0.3 is 25.2 Å². The maximum absolute atomic E-state index is 12.4. The van der Waals surface area contributed by atoms with Gasteiger partial charge in [-0.2, -0.15) is 0 Å². The van der Waals surface area contributed by atoms with Crippen molar-refractivity contribution in [2.75, 3.05) is 26.9 Å². The van der Waals surface area contributed by atoms with Gasteiger partial charge >= 0.3 is 12.1 Å². The second-order valence-corrected chi connectivity index (χ2v) is 8.78. The molecule has 2 unspecified atom stereocenters. The lowest BCUT2D eigenvalue weighted by molar-refractivity contribution is -0.142. The predicted molar refractivity (Wildman–Crippen MR) is 132 cm³/mol. The normalized spacial score (nSPS) is 13.9. The molecule has 2 aromatic carbocycles. The van der Waals surface area contributed by atoms with Crippen molar-refractivity contribution >= 4 is 18.0 Å². The van der Waals surface area contributed by atoms with Crippen LogP contribution in [0.1, 0.15) is 49.7 Å². The molecule has 0 saturated heterocycles. The summed E-state index contributed by atoms with van der Waals surface area (Å²) in [5.41, 5.74) is 4.61. The summed E-state index contributed by atoms with van der Waals surface area (Å²) in [6.45, 7) is 2.84. The monoisotopic (exact) mass is 482 g/mol. The lowest BCUT2D eigenvalue weighted by Gasteiger charge is -2.19. The average Bonchev–Trinajstić information content (AvgIpc) is 3.18. The molecule has 2 amide bonds. The fourth-order valence-corrected chi connectivity index (χ4v) is 4.44. The summed E-state index contributed by atoms with van der Waals surface area (Å²) in [5.74, 6) is -1.58. The molecule has 0 radical (unpaired) electrons. The molecule has 0 saturated carbocycles. The summed E-state index contributed by atoms with van der Waals surface area (Å²) in [5, 5.41) is 14.7. The lowest BCUT2D eigenvalue weighted by atomic mass is 9.98. The Morgan fingerprint density at radius 3 is 2.23 bits per heavy atom. The van der Waals surface area contributed by atoms with Crippen molar-refractivity contribution in [3.05, 3.63) is 59.7 Å². The van der Waals surface area contributed by atoms with E-state index < -0.39 is 18.1 Å². The highest BCUT2D eigenvalue weighted by atomic mass is 16.5. The second-order valence-electron chi connectivity index (χ2n) is 8.78. The van der Waals surface area contributed by atoms with Crippen LogP contribution in [0.25, 0.3) is 11.1 Å². The molecule has 1 aliphatic rings. The lowest BCUT2D eigenvalue weighted by Crippen LogP contribution is -2.42. The zero-order valence-corrected chi connectivity index (χ0v) is 20.3. The van der Waals surface area contributed by atoms with Crippen LogP contribution in [0.15, 0.2) is 48.5 Å². The van der Waals surface area contributed by atoms with E-state index in [0.717, 1.165) is 22.3 Å². The SMILES string of the molecule is CCC(CNC(=O)OCC1c2ccccc2-c2ccccc21)CC(=O)NC(CCCOC)C(=O)O. The fraction of sp³-hybridized carbons (Fsp3) is 0.444. The van der Waals surface area contributed by atoms with E-state index in [1.54, 1.807) is 7.11 Å². The standard InChI is InChI=1S/C27H34N2O6/c1-3-18(15-25(30)29-24(26(31)32)13-8-14-34-2)16-28-27(33)35-17-23-21-11-6-4-9-19(21)20-10-5-7-12-22(20)23/h4-7,9-12,18,23-24H,3,8,13-17H2,1-2H3,(H,28,33)(H,29,30)(H,31,32). The second kappa shape index (κ2) is 12.9. The summed E-state index contributed by atoms with van der Waals surface area (Å²) in [7, 11) is 1.55. The molecule has 1 aliphatic carbocycles. The Bertz CT molecular complexity index is 979. The van der Waals surface area contributed by atoms with Crippen LogP contribution in [0, 0.1) is 5.92 Å². The van der Waals surface area contributed by atoms with E-state index in [0.29, 0.717) is 25.9 Å². The van der Waals surface area contributed by atoms with Crippen LogP contribution in [0.4, 0.5) is 4.79 Å².